The van der Waals surface area contributed by atoms with Crippen LogP contribution in [-0.2, 0) is 0 Å². The number of allylic oxidation sites excluding steroid dienone is 5. The predicted molar refractivity (Wildman–Crippen MR) is 78.0 cm³/mol. The first kappa shape index (κ1) is 14.3. The van der Waals surface area contributed by atoms with Gasteiger partial charge in [0.25, 0.3) is 0 Å². The van der Waals surface area contributed by atoms with Crippen molar-refractivity contribution in [3.63, 3.8) is 0 Å². The predicted octanol–water partition coefficient (Wildman–Crippen LogP) is 5.53. The summed E-state index contributed by atoms with van der Waals surface area (Å²) in [5, 5.41) is 0. The summed E-state index contributed by atoms with van der Waals surface area (Å²) in [6.07, 6.45) is 14.0. The first-order valence-corrected chi connectivity index (χ1v) is 6.98. The molecule has 0 radical (unpaired) electrons. The third-order valence-electron chi connectivity index (χ3n) is 4.47. The molecular weight excluding hydrogens is 204 g/mol. The number of rotatable bonds is 4. The van der Waals surface area contributed by atoms with Gasteiger partial charge in [-0.05, 0) is 42.6 Å². The van der Waals surface area contributed by atoms with E-state index >= 15 is 0 Å². The average Bonchev–Trinajstić information content (AvgIpc) is 2.30. The maximum atomic E-state index is 3.99. The van der Waals surface area contributed by atoms with E-state index in [2.05, 4.69) is 52.5 Å². The van der Waals surface area contributed by atoms with Gasteiger partial charge in [-0.1, -0.05) is 64.5 Å². The fourth-order valence-electron chi connectivity index (χ4n) is 2.96. The fourth-order valence-corrected chi connectivity index (χ4v) is 2.96. The van der Waals surface area contributed by atoms with Crippen molar-refractivity contribution in [2.24, 2.45) is 17.3 Å². The average molecular weight is 232 g/mol. The SMILES string of the molecule is C=C/C(=C\C=C/C)C(C)(C)C1CCC(C)CC1. The summed E-state index contributed by atoms with van der Waals surface area (Å²) >= 11 is 0. The molecule has 0 amide bonds. The van der Waals surface area contributed by atoms with Crippen LogP contribution in [0.3, 0.4) is 0 Å². The summed E-state index contributed by atoms with van der Waals surface area (Å²) in [6, 6.07) is 0. The van der Waals surface area contributed by atoms with Crippen molar-refractivity contribution < 1.29 is 0 Å². The van der Waals surface area contributed by atoms with Crippen molar-refractivity contribution in [1.29, 1.82) is 0 Å². The molecule has 0 N–H and O–H groups in total. The molecule has 0 unspecified atom stereocenters. The van der Waals surface area contributed by atoms with Crippen LogP contribution in [0.1, 0.15) is 53.4 Å². The van der Waals surface area contributed by atoms with Crippen LogP contribution >= 0.6 is 0 Å². The van der Waals surface area contributed by atoms with Crippen LogP contribution in [0.4, 0.5) is 0 Å². The molecule has 0 heterocycles. The van der Waals surface area contributed by atoms with Crippen LogP contribution in [0.25, 0.3) is 0 Å². The molecule has 0 bridgehead atoms. The van der Waals surface area contributed by atoms with Gasteiger partial charge in [-0.2, -0.15) is 0 Å². The molecule has 17 heavy (non-hydrogen) atoms. The molecule has 1 aliphatic rings. The molecular formula is C17H28. The Balaban J connectivity index is 2.81. The van der Waals surface area contributed by atoms with E-state index in [0.717, 1.165) is 11.8 Å². The number of hydrogen-bond acceptors (Lipinski definition) is 0. The zero-order valence-electron chi connectivity index (χ0n) is 12.0. The van der Waals surface area contributed by atoms with E-state index in [9.17, 15) is 0 Å². The van der Waals surface area contributed by atoms with Crippen LogP contribution < -0.4 is 0 Å². The smallest absolute Gasteiger partial charge is 0.00755 e. The van der Waals surface area contributed by atoms with Gasteiger partial charge in [0, 0.05) is 0 Å². The van der Waals surface area contributed by atoms with Gasteiger partial charge < -0.3 is 0 Å². The standard InChI is InChI=1S/C17H28/c1-6-8-9-15(7-2)17(4,5)16-12-10-14(3)11-13-16/h6-9,14,16H,2,10-13H2,1,3-5H3/b8-6-,15-9+. The topological polar surface area (TPSA) is 0 Å². The van der Waals surface area contributed by atoms with Crippen LogP contribution in [0.15, 0.2) is 36.5 Å². The Morgan fingerprint density at radius 1 is 1.18 bits per heavy atom. The first-order chi connectivity index (χ1) is 8.02. The monoisotopic (exact) mass is 232 g/mol. The van der Waals surface area contributed by atoms with Gasteiger partial charge in [0.05, 0.1) is 0 Å². The summed E-state index contributed by atoms with van der Waals surface area (Å²) in [5.74, 6) is 1.74. The van der Waals surface area contributed by atoms with Crippen molar-refractivity contribution in [2.45, 2.75) is 53.4 Å². The lowest BCUT2D eigenvalue weighted by atomic mass is 9.65. The van der Waals surface area contributed by atoms with Crippen molar-refractivity contribution in [1.82, 2.24) is 0 Å². The Labute approximate surface area is 108 Å². The highest BCUT2D eigenvalue weighted by atomic mass is 14.4. The molecule has 0 aliphatic heterocycles. The van der Waals surface area contributed by atoms with Crippen LogP contribution in [0, 0.1) is 17.3 Å². The molecule has 1 saturated carbocycles. The van der Waals surface area contributed by atoms with E-state index in [1.807, 2.05) is 6.08 Å². The maximum Gasteiger partial charge on any atom is -0.00755 e. The summed E-state index contributed by atoms with van der Waals surface area (Å²) in [5.41, 5.74) is 1.65. The van der Waals surface area contributed by atoms with Crippen LogP contribution in [0.5, 0.6) is 0 Å². The Morgan fingerprint density at radius 2 is 1.76 bits per heavy atom. The summed E-state index contributed by atoms with van der Waals surface area (Å²) < 4.78 is 0. The normalized spacial score (nSPS) is 27.4. The zero-order chi connectivity index (χ0) is 12.9. The summed E-state index contributed by atoms with van der Waals surface area (Å²) in [4.78, 5) is 0. The lowest BCUT2D eigenvalue weighted by Gasteiger charge is -2.39. The quantitative estimate of drug-likeness (QED) is 0.559. The van der Waals surface area contributed by atoms with E-state index in [4.69, 9.17) is 0 Å². The molecule has 0 atom stereocenters. The Hall–Kier alpha value is -0.780. The third kappa shape index (κ3) is 3.59. The van der Waals surface area contributed by atoms with Crippen molar-refractivity contribution in [3.05, 3.63) is 36.5 Å². The maximum absolute atomic E-state index is 3.99. The van der Waals surface area contributed by atoms with Crippen molar-refractivity contribution in [3.8, 4) is 0 Å². The van der Waals surface area contributed by atoms with Crippen LogP contribution in [-0.4, -0.2) is 0 Å². The minimum atomic E-state index is 0.265. The second kappa shape index (κ2) is 6.23. The second-order valence-corrected chi connectivity index (χ2v) is 6.03. The highest BCUT2D eigenvalue weighted by Crippen LogP contribution is 2.44. The van der Waals surface area contributed by atoms with Gasteiger partial charge >= 0.3 is 0 Å². The second-order valence-electron chi connectivity index (χ2n) is 6.03. The van der Waals surface area contributed by atoms with Crippen LogP contribution in [0.2, 0.25) is 0 Å². The number of hydrogen-bond donors (Lipinski definition) is 0. The minimum absolute atomic E-state index is 0.265. The molecule has 0 aromatic heterocycles. The molecule has 0 aromatic rings. The van der Waals surface area contributed by atoms with E-state index in [1.54, 1.807) is 0 Å². The minimum Gasteiger partial charge on any atom is -0.0988 e. The summed E-state index contributed by atoms with van der Waals surface area (Å²) in [6.45, 7) is 13.2. The van der Waals surface area contributed by atoms with Crippen molar-refractivity contribution in [2.75, 3.05) is 0 Å². The van der Waals surface area contributed by atoms with E-state index in [1.165, 1.54) is 31.3 Å². The largest absolute Gasteiger partial charge is 0.0988 e. The molecule has 0 nitrogen and oxygen atoms in total. The van der Waals surface area contributed by atoms with Gasteiger partial charge in [-0.25, -0.2) is 0 Å². The zero-order valence-corrected chi connectivity index (χ0v) is 12.0. The molecule has 96 valence electrons. The molecule has 0 spiro atoms. The third-order valence-corrected chi connectivity index (χ3v) is 4.47. The lowest BCUT2D eigenvalue weighted by molar-refractivity contribution is 0.173. The molecule has 1 fully saturated rings. The van der Waals surface area contributed by atoms with E-state index < -0.39 is 0 Å². The van der Waals surface area contributed by atoms with E-state index in [-0.39, 0.29) is 5.41 Å². The van der Waals surface area contributed by atoms with Gasteiger partial charge in [-0.3, -0.25) is 0 Å². The lowest BCUT2D eigenvalue weighted by Crippen LogP contribution is -2.29. The van der Waals surface area contributed by atoms with E-state index in [0.29, 0.717) is 0 Å². The van der Waals surface area contributed by atoms with Crippen molar-refractivity contribution >= 4 is 0 Å². The van der Waals surface area contributed by atoms with Gasteiger partial charge in [0.15, 0.2) is 0 Å². The Morgan fingerprint density at radius 3 is 2.24 bits per heavy atom. The molecule has 0 heteroatoms. The molecule has 0 aromatic carbocycles. The van der Waals surface area contributed by atoms with Gasteiger partial charge in [-0.15, -0.1) is 0 Å². The van der Waals surface area contributed by atoms with Gasteiger partial charge in [0.2, 0.25) is 0 Å². The molecule has 0 saturated heterocycles. The highest BCUT2D eigenvalue weighted by molar-refractivity contribution is 5.29. The van der Waals surface area contributed by atoms with Gasteiger partial charge in [0.1, 0.15) is 0 Å². The first-order valence-electron chi connectivity index (χ1n) is 6.98. The molecule has 1 aliphatic carbocycles. The molecule has 1 rings (SSSR count). The fraction of sp³-hybridized carbons (Fsp3) is 0.647. The Kier molecular flexibility index (Phi) is 5.24. The highest BCUT2D eigenvalue weighted by Gasteiger charge is 2.33. The summed E-state index contributed by atoms with van der Waals surface area (Å²) in [7, 11) is 0. The Bertz CT molecular complexity index is 296.